The Balaban J connectivity index is 2.64. The van der Waals surface area contributed by atoms with Crippen LogP contribution in [0.3, 0.4) is 0 Å². The number of hydrazone groups is 1. The number of nitro groups is 1. The highest BCUT2D eigenvalue weighted by atomic mass is 16.6. The minimum atomic E-state index is -0.796. The molecular weight excluding hydrogens is 184 g/mol. The summed E-state index contributed by atoms with van der Waals surface area (Å²) in [6.07, 6.45) is 2.51. The Morgan fingerprint density at radius 1 is 1.43 bits per heavy atom. The van der Waals surface area contributed by atoms with E-state index >= 15 is 0 Å². The van der Waals surface area contributed by atoms with E-state index in [9.17, 15) is 10.1 Å². The molecule has 1 heterocycles. The highest BCUT2D eigenvalue weighted by Crippen LogP contribution is 2.13. The zero-order valence-electron chi connectivity index (χ0n) is 8.59. The summed E-state index contributed by atoms with van der Waals surface area (Å²) in [5, 5.41) is 16.4. The lowest BCUT2D eigenvalue weighted by atomic mass is 10.4. The Hall–Kier alpha value is -1.33. The predicted molar refractivity (Wildman–Crippen MR) is 53.3 cm³/mol. The van der Waals surface area contributed by atoms with Crippen LogP contribution in [0.2, 0.25) is 0 Å². The van der Waals surface area contributed by atoms with Gasteiger partial charge in [0, 0.05) is 13.1 Å². The second-order valence-corrected chi connectivity index (χ2v) is 3.26. The van der Waals surface area contributed by atoms with Crippen LogP contribution in [0.15, 0.2) is 5.10 Å². The minimum Gasteiger partial charge on any atom is -0.279 e. The number of rotatable bonds is 5. The molecule has 0 aliphatic carbocycles. The van der Waals surface area contributed by atoms with E-state index in [1.54, 1.807) is 11.2 Å². The highest BCUT2D eigenvalue weighted by molar-refractivity contribution is 5.56. The van der Waals surface area contributed by atoms with Crippen LogP contribution in [0.25, 0.3) is 0 Å². The molecule has 0 saturated carbocycles. The Bertz CT molecular complexity index is 215. The zero-order chi connectivity index (χ0) is 10.6. The predicted octanol–water partition coefficient (Wildman–Crippen LogP) is 0.928. The molecule has 6 nitrogen and oxygen atoms in total. The van der Waals surface area contributed by atoms with Crippen molar-refractivity contribution in [1.29, 1.82) is 0 Å². The molecule has 0 aromatic rings. The molecule has 0 aromatic carbocycles. The van der Waals surface area contributed by atoms with Crippen molar-refractivity contribution in [3.8, 4) is 0 Å². The van der Waals surface area contributed by atoms with Gasteiger partial charge in [-0.25, -0.2) is 5.01 Å². The average Bonchev–Trinajstić information content (AvgIpc) is 2.49. The molecule has 80 valence electrons. The molecule has 0 amide bonds. The van der Waals surface area contributed by atoms with Crippen LogP contribution in [0, 0.1) is 10.1 Å². The lowest BCUT2D eigenvalue weighted by Crippen LogP contribution is -2.46. The first kappa shape index (κ1) is 10.7. The van der Waals surface area contributed by atoms with Crippen molar-refractivity contribution in [2.45, 2.75) is 33.0 Å². The number of nitrogens with zero attached hydrogens (tertiary/aromatic N) is 4. The fraction of sp³-hybridized carbons (Fsp3) is 0.875. The monoisotopic (exact) mass is 200 g/mol. The van der Waals surface area contributed by atoms with Crippen molar-refractivity contribution in [1.82, 2.24) is 9.91 Å². The van der Waals surface area contributed by atoms with Crippen molar-refractivity contribution >= 4 is 6.34 Å². The van der Waals surface area contributed by atoms with E-state index in [1.807, 2.05) is 13.8 Å². The molecule has 0 aromatic heterocycles. The van der Waals surface area contributed by atoms with Crippen molar-refractivity contribution < 1.29 is 4.92 Å². The first-order valence-electron chi connectivity index (χ1n) is 4.90. The molecule has 0 N–H and O–H groups in total. The summed E-state index contributed by atoms with van der Waals surface area (Å²) in [4.78, 5) is 12.2. The molecule has 6 heteroatoms. The van der Waals surface area contributed by atoms with Crippen molar-refractivity contribution in [2.75, 3.05) is 13.1 Å². The van der Waals surface area contributed by atoms with Crippen LogP contribution in [0.1, 0.15) is 26.7 Å². The van der Waals surface area contributed by atoms with Gasteiger partial charge >= 0.3 is 6.29 Å². The maximum Gasteiger partial charge on any atom is 0.383 e. The second-order valence-electron chi connectivity index (χ2n) is 3.26. The van der Waals surface area contributed by atoms with Crippen molar-refractivity contribution in [3.05, 3.63) is 10.1 Å². The van der Waals surface area contributed by atoms with Gasteiger partial charge in [-0.1, -0.05) is 13.8 Å². The summed E-state index contributed by atoms with van der Waals surface area (Å²) < 4.78 is 0. The van der Waals surface area contributed by atoms with Crippen LogP contribution in [0.4, 0.5) is 0 Å². The third kappa shape index (κ3) is 2.12. The van der Waals surface area contributed by atoms with Crippen molar-refractivity contribution in [2.24, 2.45) is 5.10 Å². The van der Waals surface area contributed by atoms with Gasteiger partial charge < -0.3 is 0 Å². The molecule has 1 unspecified atom stereocenters. The van der Waals surface area contributed by atoms with E-state index in [0.717, 1.165) is 12.8 Å². The molecular formula is C8H16N4O2. The smallest absolute Gasteiger partial charge is 0.279 e. The van der Waals surface area contributed by atoms with Gasteiger partial charge in [-0.05, 0) is 12.8 Å². The van der Waals surface area contributed by atoms with Gasteiger partial charge in [-0.3, -0.25) is 15.0 Å². The molecule has 0 bridgehead atoms. The maximum atomic E-state index is 10.8. The molecule has 0 radical (unpaired) electrons. The standard InChI is InChI=1S/C8H16N4O2/c1-3-5-10-7-9-11(6-4-2)8(10)12(13)14/h7-8H,3-6H2,1-2H3. The third-order valence-corrected chi connectivity index (χ3v) is 2.03. The first-order valence-corrected chi connectivity index (χ1v) is 4.90. The van der Waals surface area contributed by atoms with E-state index in [2.05, 4.69) is 5.10 Å². The van der Waals surface area contributed by atoms with Gasteiger partial charge in [0.1, 0.15) is 6.34 Å². The Morgan fingerprint density at radius 2 is 2.07 bits per heavy atom. The van der Waals surface area contributed by atoms with E-state index < -0.39 is 6.29 Å². The van der Waals surface area contributed by atoms with E-state index in [-0.39, 0.29) is 4.92 Å². The molecule has 1 aliphatic rings. The molecule has 1 atom stereocenters. The largest absolute Gasteiger partial charge is 0.383 e. The second kappa shape index (κ2) is 4.78. The molecule has 0 spiro atoms. The van der Waals surface area contributed by atoms with Gasteiger partial charge in [-0.15, -0.1) is 0 Å². The van der Waals surface area contributed by atoms with Gasteiger partial charge in [0.25, 0.3) is 0 Å². The molecule has 1 rings (SSSR count). The van der Waals surface area contributed by atoms with Gasteiger partial charge in [-0.2, -0.15) is 5.10 Å². The van der Waals surface area contributed by atoms with Gasteiger partial charge in [0.2, 0.25) is 0 Å². The minimum absolute atomic E-state index is 0.293. The average molecular weight is 200 g/mol. The van der Waals surface area contributed by atoms with Crippen LogP contribution < -0.4 is 0 Å². The molecule has 0 fully saturated rings. The topological polar surface area (TPSA) is 62.0 Å². The fourth-order valence-corrected chi connectivity index (χ4v) is 1.49. The van der Waals surface area contributed by atoms with E-state index in [4.69, 9.17) is 0 Å². The lowest BCUT2D eigenvalue weighted by Gasteiger charge is -2.22. The maximum absolute atomic E-state index is 10.8. The van der Waals surface area contributed by atoms with Gasteiger partial charge in [0.05, 0.1) is 4.92 Å². The number of hydrogen-bond donors (Lipinski definition) is 0. The Morgan fingerprint density at radius 3 is 2.57 bits per heavy atom. The summed E-state index contributed by atoms with van der Waals surface area (Å²) in [6.45, 7) is 5.28. The molecule has 1 aliphatic heterocycles. The van der Waals surface area contributed by atoms with Crippen LogP contribution in [-0.4, -0.2) is 40.5 Å². The van der Waals surface area contributed by atoms with E-state index in [1.165, 1.54) is 5.01 Å². The molecule has 0 saturated heterocycles. The Labute approximate surface area is 83.3 Å². The van der Waals surface area contributed by atoms with E-state index in [0.29, 0.717) is 13.1 Å². The SMILES string of the molecule is CCCN1C=NN(CCC)C1[N+](=O)[O-]. The van der Waals surface area contributed by atoms with Crippen LogP contribution in [-0.2, 0) is 0 Å². The first-order chi connectivity index (χ1) is 6.70. The zero-order valence-corrected chi connectivity index (χ0v) is 8.59. The highest BCUT2D eigenvalue weighted by Gasteiger charge is 2.36. The summed E-state index contributed by atoms with van der Waals surface area (Å²) in [7, 11) is 0. The Kier molecular flexibility index (Phi) is 3.67. The van der Waals surface area contributed by atoms with Crippen LogP contribution in [0.5, 0.6) is 0 Å². The summed E-state index contributed by atoms with van der Waals surface area (Å²) in [5.74, 6) is 0. The third-order valence-electron chi connectivity index (χ3n) is 2.03. The van der Waals surface area contributed by atoms with Gasteiger partial charge in [0.15, 0.2) is 0 Å². The molecule has 14 heavy (non-hydrogen) atoms. The van der Waals surface area contributed by atoms with Crippen LogP contribution >= 0.6 is 0 Å². The lowest BCUT2D eigenvalue weighted by molar-refractivity contribution is -0.570. The number of hydrogen-bond acceptors (Lipinski definition) is 5. The fourth-order valence-electron chi connectivity index (χ4n) is 1.49. The normalized spacial score (nSPS) is 20.6. The summed E-state index contributed by atoms with van der Waals surface area (Å²) in [5.41, 5.74) is 0. The quantitative estimate of drug-likeness (QED) is 0.489. The summed E-state index contributed by atoms with van der Waals surface area (Å²) >= 11 is 0. The summed E-state index contributed by atoms with van der Waals surface area (Å²) in [6, 6.07) is 0. The van der Waals surface area contributed by atoms with Crippen molar-refractivity contribution in [3.63, 3.8) is 0 Å².